The summed E-state index contributed by atoms with van der Waals surface area (Å²) in [6.45, 7) is 2.41. The molecule has 1 N–H and O–H groups in total. The number of carbonyl (C=O) groups is 1. The molecule has 1 aromatic heterocycles. The van der Waals surface area contributed by atoms with E-state index in [0.29, 0.717) is 18.5 Å². The zero-order valence-corrected chi connectivity index (χ0v) is 10.6. The first kappa shape index (κ1) is 12.6. The van der Waals surface area contributed by atoms with Crippen LogP contribution in [0.2, 0.25) is 0 Å². The van der Waals surface area contributed by atoms with Crippen molar-refractivity contribution in [1.29, 1.82) is 0 Å². The normalized spacial score (nSPS) is 10.8. The summed E-state index contributed by atoms with van der Waals surface area (Å²) in [5.41, 5.74) is 1.69. The van der Waals surface area contributed by atoms with Gasteiger partial charge in [0, 0.05) is 35.8 Å². The fourth-order valence-electron chi connectivity index (χ4n) is 2.11. The number of methoxy groups -OCH3 is 1. The van der Waals surface area contributed by atoms with E-state index in [4.69, 9.17) is 9.84 Å². The Bertz CT molecular complexity index is 572. The van der Waals surface area contributed by atoms with Gasteiger partial charge in [0.25, 0.3) is 0 Å². The maximum Gasteiger partial charge on any atom is 0.161 e. The van der Waals surface area contributed by atoms with Gasteiger partial charge >= 0.3 is 0 Å². The smallest absolute Gasteiger partial charge is 0.161 e. The van der Waals surface area contributed by atoms with E-state index in [1.54, 1.807) is 14.0 Å². The molecular weight excluding hydrogens is 230 g/mol. The monoisotopic (exact) mass is 247 g/mol. The SMILES string of the molecule is COc1ccc2c(c1)c(C(C)=O)cn2CCCO. The first-order valence-corrected chi connectivity index (χ1v) is 5.96. The van der Waals surface area contributed by atoms with Crippen molar-refractivity contribution in [3.63, 3.8) is 0 Å². The van der Waals surface area contributed by atoms with Crippen molar-refractivity contribution in [2.75, 3.05) is 13.7 Å². The quantitative estimate of drug-likeness (QED) is 0.824. The Kier molecular flexibility index (Phi) is 3.67. The van der Waals surface area contributed by atoms with Crippen LogP contribution in [0.1, 0.15) is 23.7 Å². The summed E-state index contributed by atoms with van der Waals surface area (Å²) in [4.78, 5) is 11.6. The molecule has 1 heterocycles. The third-order valence-electron chi connectivity index (χ3n) is 3.02. The van der Waals surface area contributed by atoms with Gasteiger partial charge in [0.05, 0.1) is 7.11 Å². The molecule has 0 aliphatic heterocycles. The Morgan fingerprint density at radius 1 is 1.44 bits per heavy atom. The molecule has 0 fully saturated rings. The lowest BCUT2D eigenvalue weighted by Gasteiger charge is -2.04. The van der Waals surface area contributed by atoms with Crippen molar-refractivity contribution in [1.82, 2.24) is 4.57 Å². The molecular formula is C14H17NO3. The van der Waals surface area contributed by atoms with E-state index in [2.05, 4.69) is 0 Å². The summed E-state index contributed by atoms with van der Waals surface area (Å²) < 4.78 is 7.19. The molecule has 0 saturated heterocycles. The number of aryl methyl sites for hydroxylation is 1. The van der Waals surface area contributed by atoms with Crippen LogP contribution < -0.4 is 4.74 Å². The average molecular weight is 247 g/mol. The van der Waals surface area contributed by atoms with Crippen LogP contribution in [0.25, 0.3) is 10.9 Å². The third-order valence-corrected chi connectivity index (χ3v) is 3.02. The number of aromatic nitrogens is 1. The van der Waals surface area contributed by atoms with Gasteiger partial charge in [0.2, 0.25) is 0 Å². The van der Waals surface area contributed by atoms with Gasteiger partial charge < -0.3 is 14.4 Å². The Labute approximate surface area is 106 Å². The number of hydrogen-bond donors (Lipinski definition) is 1. The second-order valence-corrected chi connectivity index (χ2v) is 4.25. The second-order valence-electron chi connectivity index (χ2n) is 4.25. The minimum absolute atomic E-state index is 0.0380. The van der Waals surface area contributed by atoms with Crippen molar-refractivity contribution >= 4 is 16.7 Å². The number of fused-ring (bicyclic) bond motifs is 1. The van der Waals surface area contributed by atoms with Crippen molar-refractivity contribution in [3.05, 3.63) is 30.0 Å². The molecule has 2 aromatic rings. The lowest BCUT2D eigenvalue weighted by Crippen LogP contribution is -1.98. The van der Waals surface area contributed by atoms with E-state index in [0.717, 1.165) is 16.7 Å². The summed E-state index contributed by atoms with van der Waals surface area (Å²) in [5.74, 6) is 0.779. The highest BCUT2D eigenvalue weighted by atomic mass is 16.5. The standard InChI is InChI=1S/C14H17NO3/c1-10(17)13-9-15(6-3-7-16)14-5-4-11(18-2)8-12(13)14/h4-5,8-9,16H,3,6-7H2,1-2H3. The Morgan fingerprint density at radius 3 is 2.83 bits per heavy atom. The lowest BCUT2D eigenvalue weighted by molar-refractivity contribution is 0.101. The highest BCUT2D eigenvalue weighted by Gasteiger charge is 2.12. The molecule has 0 bridgehead atoms. The van der Waals surface area contributed by atoms with Crippen molar-refractivity contribution in [3.8, 4) is 5.75 Å². The van der Waals surface area contributed by atoms with E-state index in [1.165, 1.54) is 0 Å². The summed E-state index contributed by atoms with van der Waals surface area (Å²) in [5, 5.41) is 9.80. The molecule has 2 rings (SSSR count). The molecule has 0 radical (unpaired) electrons. The van der Waals surface area contributed by atoms with Crippen LogP contribution in [0, 0.1) is 0 Å². The summed E-state index contributed by atoms with van der Waals surface area (Å²) in [6.07, 6.45) is 2.52. The molecule has 0 atom stereocenters. The van der Waals surface area contributed by atoms with Gasteiger partial charge in [-0.25, -0.2) is 0 Å². The average Bonchev–Trinajstić information content (AvgIpc) is 2.74. The molecule has 4 nitrogen and oxygen atoms in total. The van der Waals surface area contributed by atoms with Crippen LogP contribution in [0.3, 0.4) is 0 Å². The topological polar surface area (TPSA) is 51.5 Å². The highest BCUT2D eigenvalue weighted by Crippen LogP contribution is 2.26. The molecule has 0 amide bonds. The second kappa shape index (κ2) is 5.23. The number of ketones is 1. The fraction of sp³-hybridized carbons (Fsp3) is 0.357. The van der Waals surface area contributed by atoms with E-state index in [-0.39, 0.29) is 12.4 Å². The molecule has 0 spiro atoms. The molecule has 0 aliphatic carbocycles. The highest BCUT2D eigenvalue weighted by molar-refractivity contribution is 6.07. The van der Waals surface area contributed by atoms with Crippen LogP contribution in [-0.2, 0) is 6.54 Å². The molecule has 4 heteroatoms. The van der Waals surface area contributed by atoms with Crippen LogP contribution in [-0.4, -0.2) is 29.2 Å². The number of aliphatic hydroxyl groups is 1. The molecule has 18 heavy (non-hydrogen) atoms. The molecule has 0 unspecified atom stereocenters. The zero-order chi connectivity index (χ0) is 13.1. The van der Waals surface area contributed by atoms with Gasteiger partial charge in [-0.05, 0) is 31.5 Å². The largest absolute Gasteiger partial charge is 0.497 e. The maximum atomic E-state index is 11.6. The van der Waals surface area contributed by atoms with Gasteiger partial charge in [0.15, 0.2) is 5.78 Å². The number of hydrogen-bond acceptors (Lipinski definition) is 3. The number of ether oxygens (including phenoxy) is 1. The summed E-state index contributed by atoms with van der Waals surface area (Å²) in [6, 6.07) is 5.70. The van der Waals surface area contributed by atoms with Crippen molar-refractivity contribution in [2.45, 2.75) is 19.9 Å². The number of benzene rings is 1. The Hall–Kier alpha value is -1.81. The van der Waals surface area contributed by atoms with E-state index >= 15 is 0 Å². The molecule has 1 aromatic carbocycles. The lowest BCUT2D eigenvalue weighted by atomic mass is 10.1. The fourth-order valence-corrected chi connectivity index (χ4v) is 2.11. The number of rotatable bonds is 5. The van der Waals surface area contributed by atoms with Crippen LogP contribution in [0.5, 0.6) is 5.75 Å². The third kappa shape index (κ3) is 2.24. The first-order valence-electron chi connectivity index (χ1n) is 5.96. The molecule has 0 saturated carbocycles. The number of nitrogens with zero attached hydrogens (tertiary/aromatic N) is 1. The summed E-state index contributed by atoms with van der Waals surface area (Å²) in [7, 11) is 1.61. The van der Waals surface area contributed by atoms with Crippen LogP contribution >= 0.6 is 0 Å². The van der Waals surface area contributed by atoms with Gasteiger partial charge in [-0.3, -0.25) is 4.79 Å². The zero-order valence-electron chi connectivity index (χ0n) is 10.6. The van der Waals surface area contributed by atoms with Gasteiger partial charge in [0.1, 0.15) is 5.75 Å². The van der Waals surface area contributed by atoms with Gasteiger partial charge in [-0.1, -0.05) is 0 Å². The van der Waals surface area contributed by atoms with Crippen LogP contribution in [0.4, 0.5) is 0 Å². The van der Waals surface area contributed by atoms with E-state index in [9.17, 15) is 4.79 Å². The molecule has 96 valence electrons. The summed E-state index contributed by atoms with van der Waals surface area (Å²) >= 11 is 0. The maximum absolute atomic E-state index is 11.6. The van der Waals surface area contributed by atoms with Crippen LogP contribution in [0.15, 0.2) is 24.4 Å². The number of carbonyl (C=O) groups excluding carboxylic acids is 1. The minimum atomic E-state index is 0.0380. The van der Waals surface area contributed by atoms with E-state index in [1.807, 2.05) is 29.0 Å². The van der Waals surface area contributed by atoms with E-state index < -0.39 is 0 Å². The predicted octanol–water partition coefficient (Wildman–Crippen LogP) is 2.23. The Balaban J connectivity index is 2.56. The number of aliphatic hydroxyl groups excluding tert-OH is 1. The number of Topliss-reactive ketones (excluding diaryl/α,β-unsaturated/α-hetero) is 1. The van der Waals surface area contributed by atoms with Gasteiger partial charge in [-0.2, -0.15) is 0 Å². The van der Waals surface area contributed by atoms with Crippen molar-refractivity contribution < 1.29 is 14.6 Å². The Morgan fingerprint density at radius 2 is 2.22 bits per heavy atom. The van der Waals surface area contributed by atoms with Crippen molar-refractivity contribution in [2.24, 2.45) is 0 Å². The first-order chi connectivity index (χ1) is 8.67. The predicted molar refractivity (Wildman–Crippen MR) is 70.2 cm³/mol. The van der Waals surface area contributed by atoms with Gasteiger partial charge in [-0.15, -0.1) is 0 Å². The molecule has 0 aliphatic rings. The minimum Gasteiger partial charge on any atom is -0.497 e.